The second-order valence-corrected chi connectivity index (χ2v) is 3.91. The summed E-state index contributed by atoms with van der Waals surface area (Å²) < 4.78 is 10.4. The van der Waals surface area contributed by atoms with Gasteiger partial charge in [0.25, 0.3) is 0 Å². The molecule has 0 aromatic heterocycles. The van der Waals surface area contributed by atoms with E-state index in [0.717, 1.165) is 25.0 Å². The third-order valence-electron chi connectivity index (χ3n) is 2.53. The second-order valence-electron chi connectivity index (χ2n) is 3.91. The van der Waals surface area contributed by atoms with Crippen LogP contribution in [0.2, 0.25) is 0 Å². The van der Waals surface area contributed by atoms with Crippen molar-refractivity contribution >= 4 is 11.9 Å². The highest BCUT2D eigenvalue weighted by molar-refractivity contribution is 5.82. The second kappa shape index (κ2) is 9.45. The van der Waals surface area contributed by atoms with E-state index >= 15 is 0 Å². The van der Waals surface area contributed by atoms with Crippen LogP contribution in [0.1, 0.15) is 39.5 Å². The first kappa shape index (κ1) is 16.4. The van der Waals surface area contributed by atoms with E-state index in [0.29, 0.717) is 12.8 Å². The van der Waals surface area contributed by atoms with E-state index < -0.39 is 24.1 Å². The van der Waals surface area contributed by atoms with Gasteiger partial charge in [-0.25, -0.2) is 9.59 Å². The molecule has 0 heterocycles. The van der Waals surface area contributed by atoms with Crippen molar-refractivity contribution < 1.29 is 19.1 Å². The standard InChI is InChI=1S/C14H22O4/c1-5-9-10-12(18-14(16)8-4)11(6-2)17-13(15)7-3/h7-8,11-12H,3-6,9-10H2,1-2H3. The maximum absolute atomic E-state index is 11.3. The zero-order chi connectivity index (χ0) is 14.0. The van der Waals surface area contributed by atoms with Gasteiger partial charge in [0.05, 0.1) is 0 Å². The van der Waals surface area contributed by atoms with Crippen LogP contribution in [0.3, 0.4) is 0 Å². The molecule has 18 heavy (non-hydrogen) atoms. The SMILES string of the molecule is C=CC(=O)OC(CC)C(CCCC)OC(=O)C=C. The Morgan fingerprint density at radius 1 is 1.06 bits per heavy atom. The molecule has 0 aliphatic carbocycles. The minimum absolute atomic E-state index is 0.427. The van der Waals surface area contributed by atoms with Crippen LogP contribution in [-0.4, -0.2) is 24.1 Å². The molecule has 102 valence electrons. The molecular formula is C14H22O4. The Morgan fingerprint density at radius 3 is 1.94 bits per heavy atom. The fraction of sp³-hybridized carbons (Fsp3) is 0.571. The van der Waals surface area contributed by atoms with Gasteiger partial charge in [0.1, 0.15) is 12.2 Å². The van der Waals surface area contributed by atoms with E-state index in [1.54, 1.807) is 0 Å². The van der Waals surface area contributed by atoms with Crippen molar-refractivity contribution in [2.75, 3.05) is 0 Å². The molecule has 0 bridgehead atoms. The monoisotopic (exact) mass is 254 g/mol. The van der Waals surface area contributed by atoms with E-state index in [-0.39, 0.29) is 0 Å². The maximum atomic E-state index is 11.3. The molecule has 2 atom stereocenters. The molecule has 4 heteroatoms. The van der Waals surface area contributed by atoms with Crippen LogP contribution in [0.5, 0.6) is 0 Å². The highest BCUT2D eigenvalue weighted by Crippen LogP contribution is 2.16. The summed E-state index contributed by atoms with van der Waals surface area (Å²) in [5.41, 5.74) is 0. The lowest BCUT2D eigenvalue weighted by Gasteiger charge is -2.25. The molecule has 0 radical (unpaired) electrons. The first-order chi connectivity index (χ1) is 8.58. The average Bonchev–Trinajstić information content (AvgIpc) is 2.40. The smallest absolute Gasteiger partial charge is 0.330 e. The minimum atomic E-state index is -0.502. The summed E-state index contributed by atoms with van der Waals surface area (Å²) in [4.78, 5) is 22.5. The summed E-state index contributed by atoms with van der Waals surface area (Å²) in [7, 11) is 0. The Balaban J connectivity index is 4.64. The summed E-state index contributed by atoms with van der Waals surface area (Å²) in [5.74, 6) is -0.998. The highest BCUT2D eigenvalue weighted by atomic mass is 16.6. The van der Waals surface area contributed by atoms with Crippen molar-refractivity contribution in [2.24, 2.45) is 0 Å². The summed E-state index contributed by atoms with van der Waals surface area (Å²) in [6.07, 6.45) is 4.48. The Labute approximate surface area is 109 Å². The molecule has 0 aromatic rings. The zero-order valence-corrected chi connectivity index (χ0v) is 11.2. The third-order valence-corrected chi connectivity index (χ3v) is 2.53. The number of hydrogen-bond acceptors (Lipinski definition) is 4. The molecule has 0 aromatic carbocycles. The molecule has 4 nitrogen and oxygen atoms in total. The quantitative estimate of drug-likeness (QED) is 0.469. The predicted molar refractivity (Wildman–Crippen MR) is 70.0 cm³/mol. The third kappa shape index (κ3) is 6.23. The fourth-order valence-corrected chi connectivity index (χ4v) is 1.54. The Bertz CT molecular complexity index is 296. The van der Waals surface area contributed by atoms with E-state index in [9.17, 15) is 9.59 Å². The largest absolute Gasteiger partial charge is 0.455 e. The lowest BCUT2D eigenvalue weighted by Crippen LogP contribution is -2.34. The van der Waals surface area contributed by atoms with E-state index in [2.05, 4.69) is 13.2 Å². The number of unbranched alkanes of at least 4 members (excludes halogenated alkanes) is 1. The summed E-state index contributed by atoms with van der Waals surface area (Å²) in [5, 5.41) is 0. The van der Waals surface area contributed by atoms with E-state index in [4.69, 9.17) is 9.47 Å². The van der Waals surface area contributed by atoms with Gasteiger partial charge in [0.2, 0.25) is 0 Å². The lowest BCUT2D eigenvalue weighted by atomic mass is 10.0. The Hall–Kier alpha value is -1.58. The zero-order valence-electron chi connectivity index (χ0n) is 11.2. The van der Waals surface area contributed by atoms with Crippen LogP contribution >= 0.6 is 0 Å². The molecule has 0 aliphatic heterocycles. The van der Waals surface area contributed by atoms with E-state index in [1.807, 2.05) is 13.8 Å². The Morgan fingerprint density at radius 2 is 1.56 bits per heavy atom. The van der Waals surface area contributed by atoms with Gasteiger partial charge in [-0.1, -0.05) is 33.4 Å². The van der Waals surface area contributed by atoms with Gasteiger partial charge >= 0.3 is 11.9 Å². The predicted octanol–water partition coefficient (Wildman–Crippen LogP) is 2.78. The van der Waals surface area contributed by atoms with Gasteiger partial charge in [-0.3, -0.25) is 0 Å². The number of hydrogen-bond donors (Lipinski definition) is 0. The van der Waals surface area contributed by atoms with Gasteiger partial charge in [-0.2, -0.15) is 0 Å². The molecule has 0 amide bonds. The van der Waals surface area contributed by atoms with Crippen LogP contribution in [0, 0.1) is 0 Å². The molecule has 0 saturated heterocycles. The highest BCUT2D eigenvalue weighted by Gasteiger charge is 2.25. The first-order valence-electron chi connectivity index (χ1n) is 6.25. The number of esters is 2. The number of carbonyl (C=O) groups is 2. The molecule has 0 fully saturated rings. The summed E-state index contributed by atoms with van der Waals surface area (Å²) in [6.45, 7) is 10.6. The van der Waals surface area contributed by atoms with Crippen molar-refractivity contribution in [1.29, 1.82) is 0 Å². The number of carbonyl (C=O) groups excluding carboxylic acids is 2. The molecule has 0 rings (SSSR count). The molecular weight excluding hydrogens is 232 g/mol. The maximum Gasteiger partial charge on any atom is 0.330 e. The normalized spacial score (nSPS) is 13.2. The Kier molecular flexibility index (Phi) is 8.62. The summed E-state index contributed by atoms with van der Waals surface area (Å²) >= 11 is 0. The summed E-state index contributed by atoms with van der Waals surface area (Å²) in [6, 6.07) is 0. The first-order valence-corrected chi connectivity index (χ1v) is 6.25. The van der Waals surface area contributed by atoms with Crippen molar-refractivity contribution in [2.45, 2.75) is 51.7 Å². The molecule has 0 N–H and O–H groups in total. The lowest BCUT2D eigenvalue weighted by molar-refractivity contribution is -0.162. The van der Waals surface area contributed by atoms with Gasteiger partial charge in [0.15, 0.2) is 0 Å². The van der Waals surface area contributed by atoms with Gasteiger partial charge < -0.3 is 9.47 Å². The van der Waals surface area contributed by atoms with Crippen molar-refractivity contribution in [3.05, 3.63) is 25.3 Å². The van der Waals surface area contributed by atoms with Crippen molar-refractivity contribution in [3.8, 4) is 0 Å². The molecule has 0 spiro atoms. The van der Waals surface area contributed by atoms with Crippen LogP contribution in [0.25, 0.3) is 0 Å². The minimum Gasteiger partial charge on any atom is -0.455 e. The van der Waals surface area contributed by atoms with Crippen LogP contribution in [-0.2, 0) is 19.1 Å². The molecule has 0 saturated carbocycles. The van der Waals surface area contributed by atoms with Crippen molar-refractivity contribution in [1.82, 2.24) is 0 Å². The van der Waals surface area contributed by atoms with E-state index in [1.165, 1.54) is 0 Å². The average molecular weight is 254 g/mol. The number of rotatable bonds is 9. The van der Waals surface area contributed by atoms with Gasteiger partial charge in [-0.05, 0) is 19.3 Å². The van der Waals surface area contributed by atoms with Gasteiger partial charge in [-0.15, -0.1) is 0 Å². The van der Waals surface area contributed by atoms with Crippen LogP contribution < -0.4 is 0 Å². The number of ether oxygens (including phenoxy) is 2. The van der Waals surface area contributed by atoms with Gasteiger partial charge in [0, 0.05) is 12.2 Å². The van der Waals surface area contributed by atoms with Crippen LogP contribution in [0.4, 0.5) is 0 Å². The van der Waals surface area contributed by atoms with Crippen molar-refractivity contribution in [3.63, 3.8) is 0 Å². The van der Waals surface area contributed by atoms with Crippen LogP contribution in [0.15, 0.2) is 25.3 Å². The molecule has 2 unspecified atom stereocenters. The fourth-order valence-electron chi connectivity index (χ4n) is 1.54. The molecule has 0 aliphatic rings. The topological polar surface area (TPSA) is 52.6 Å².